The molecule has 0 bridgehead atoms. The Labute approximate surface area is 191 Å². The number of halogens is 1. The average molecular weight is 471 g/mol. The maximum absolute atomic E-state index is 12.9. The first-order valence-electron chi connectivity index (χ1n) is 10.1. The molecule has 0 radical (unpaired) electrons. The van der Waals surface area contributed by atoms with Gasteiger partial charge in [-0.3, -0.25) is 9.59 Å². The summed E-state index contributed by atoms with van der Waals surface area (Å²) < 4.78 is 45.5. The molecule has 0 aromatic heterocycles. The van der Waals surface area contributed by atoms with Gasteiger partial charge in [0.05, 0.1) is 4.90 Å². The number of ether oxygens (including phenoxy) is 1. The van der Waals surface area contributed by atoms with E-state index in [1.807, 2.05) is 0 Å². The fourth-order valence-corrected chi connectivity index (χ4v) is 3.89. The monoisotopic (exact) mass is 470 g/mol. The van der Waals surface area contributed by atoms with Crippen molar-refractivity contribution in [1.29, 1.82) is 0 Å². The first-order chi connectivity index (χ1) is 15.7. The molecule has 0 aliphatic heterocycles. The van der Waals surface area contributed by atoms with Gasteiger partial charge in [0.15, 0.2) is 5.78 Å². The molecule has 3 aromatic carbocycles. The lowest BCUT2D eigenvalue weighted by Crippen LogP contribution is -2.30. The predicted molar refractivity (Wildman–Crippen MR) is 121 cm³/mol. The van der Waals surface area contributed by atoms with E-state index in [0.717, 1.165) is 5.56 Å². The van der Waals surface area contributed by atoms with E-state index in [2.05, 4.69) is 10.0 Å². The number of carbonyl (C=O) groups excluding carboxylic acids is 2. The summed E-state index contributed by atoms with van der Waals surface area (Å²) in [4.78, 5) is 23.4. The van der Waals surface area contributed by atoms with Crippen molar-refractivity contribution in [3.05, 3.63) is 89.7 Å². The summed E-state index contributed by atoms with van der Waals surface area (Å²) in [5, 5.41) is 2.73. The third-order valence-electron chi connectivity index (χ3n) is 4.68. The van der Waals surface area contributed by atoms with Crippen LogP contribution >= 0.6 is 0 Å². The number of hydrogen-bond acceptors (Lipinski definition) is 5. The SMILES string of the molecule is CC(=O)c1ccc(S(=O)(=O)NCCC(=O)NCc2ccc(Oc3ccc(F)cc3)cc2)cc1. The smallest absolute Gasteiger partial charge is 0.240 e. The highest BCUT2D eigenvalue weighted by Gasteiger charge is 2.14. The lowest BCUT2D eigenvalue weighted by atomic mass is 10.2. The molecule has 0 saturated heterocycles. The Morgan fingerprint density at radius 1 is 0.879 bits per heavy atom. The minimum atomic E-state index is -3.77. The van der Waals surface area contributed by atoms with Gasteiger partial charge in [0, 0.05) is 25.1 Å². The standard InChI is InChI=1S/C24H23FN2O5S/c1-17(28)19-4-12-23(13-5-19)33(30,31)27-15-14-24(29)26-16-18-2-8-21(9-3-18)32-22-10-6-20(25)7-11-22/h2-13,27H,14-16H2,1H3,(H,26,29). The first kappa shape index (κ1) is 24.1. The second kappa shape index (κ2) is 10.8. The Morgan fingerprint density at radius 3 is 2.03 bits per heavy atom. The molecule has 0 spiro atoms. The number of hydrogen-bond donors (Lipinski definition) is 2. The van der Waals surface area contributed by atoms with Crippen molar-refractivity contribution < 1.29 is 27.1 Å². The van der Waals surface area contributed by atoms with Crippen LogP contribution in [0.1, 0.15) is 29.3 Å². The van der Waals surface area contributed by atoms with Gasteiger partial charge in [-0.05, 0) is 61.0 Å². The van der Waals surface area contributed by atoms with Crippen molar-refractivity contribution in [1.82, 2.24) is 10.0 Å². The average Bonchev–Trinajstić information content (AvgIpc) is 2.80. The first-order valence-corrected chi connectivity index (χ1v) is 11.6. The summed E-state index contributed by atoms with van der Waals surface area (Å²) in [5.74, 6) is 0.275. The molecule has 2 N–H and O–H groups in total. The van der Waals surface area contributed by atoms with Crippen LogP contribution in [0.5, 0.6) is 11.5 Å². The van der Waals surface area contributed by atoms with Gasteiger partial charge >= 0.3 is 0 Å². The molecule has 0 unspecified atom stereocenters. The van der Waals surface area contributed by atoms with E-state index in [9.17, 15) is 22.4 Å². The van der Waals surface area contributed by atoms with E-state index in [-0.39, 0.29) is 41.9 Å². The van der Waals surface area contributed by atoms with Gasteiger partial charge in [-0.1, -0.05) is 24.3 Å². The van der Waals surface area contributed by atoms with Gasteiger partial charge in [-0.2, -0.15) is 0 Å². The zero-order valence-electron chi connectivity index (χ0n) is 17.9. The molecule has 9 heteroatoms. The van der Waals surface area contributed by atoms with Crippen LogP contribution < -0.4 is 14.8 Å². The normalized spacial score (nSPS) is 11.1. The molecule has 7 nitrogen and oxygen atoms in total. The van der Waals surface area contributed by atoms with E-state index >= 15 is 0 Å². The van der Waals surface area contributed by atoms with Gasteiger partial charge in [0.2, 0.25) is 15.9 Å². The van der Waals surface area contributed by atoms with Gasteiger partial charge in [0.25, 0.3) is 0 Å². The minimum Gasteiger partial charge on any atom is -0.457 e. The lowest BCUT2D eigenvalue weighted by molar-refractivity contribution is -0.121. The van der Waals surface area contributed by atoms with E-state index < -0.39 is 10.0 Å². The van der Waals surface area contributed by atoms with Crippen LogP contribution in [0.15, 0.2) is 77.7 Å². The minimum absolute atomic E-state index is 0.0239. The zero-order chi connectivity index (χ0) is 23.8. The van der Waals surface area contributed by atoms with Gasteiger partial charge in [0.1, 0.15) is 17.3 Å². The molecule has 3 aromatic rings. The Kier molecular flexibility index (Phi) is 7.92. The maximum Gasteiger partial charge on any atom is 0.240 e. The number of sulfonamides is 1. The molecule has 0 aliphatic rings. The van der Waals surface area contributed by atoms with Crippen LogP contribution in [-0.4, -0.2) is 26.7 Å². The highest BCUT2D eigenvalue weighted by atomic mass is 32.2. The van der Waals surface area contributed by atoms with Crippen LogP contribution in [0.25, 0.3) is 0 Å². The highest BCUT2D eigenvalue weighted by molar-refractivity contribution is 7.89. The molecule has 0 fully saturated rings. The maximum atomic E-state index is 12.9. The number of rotatable bonds is 10. The fraction of sp³-hybridized carbons (Fsp3) is 0.167. The molecule has 172 valence electrons. The Bertz CT molecular complexity index is 1210. The molecule has 0 atom stereocenters. The number of amides is 1. The quantitative estimate of drug-likeness (QED) is 0.439. The van der Waals surface area contributed by atoms with Crippen LogP contribution in [0, 0.1) is 5.82 Å². The molecule has 3 rings (SSSR count). The lowest BCUT2D eigenvalue weighted by Gasteiger charge is -2.09. The fourth-order valence-electron chi connectivity index (χ4n) is 2.85. The van der Waals surface area contributed by atoms with Crippen LogP contribution in [0.2, 0.25) is 0 Å². The number of Topliss-reactive ketones (excluding diaryl/α,β-unsaturated/α-hetero) is 1. The van der Waals surface area contributed by atoms with Crippen molar-refractivity contribution in [2.24, 2.45) is 0 Å². The van der Waals surface area contributed by atoms with Crippen LogP contribution in [0.3, 0.4) is 0 Å². The molecular formula is C24H23FN2O5S. The highest BCUT2D eigenvalue weighted by Crippen LogP contribution is 2.21. The Balaban J connectivity index is 1.42. The largest absolute Gasteiger partial charge is 0.457 e. The third kappa shape index (κ3) is 7.23. The van der Waals surface area contributed by atoms with Gasteiger partial charge < -0.3 is 10.1 Å². The van der Waals surface area contributed by atoms with Gasteiger partial charge in [-0.25, -0.2) is 17.5 Å². The summed E-state index contributed by atoms with van der Waals surface area (Å²) in [6.45, 7) is 1.61. The molecule has 0 heterocycles. The second-order valence-electron chi connectivity index (χ2n) is 7.21. The summed E-state index contributed by atoms with van der Waals surface area (Å²) in [7, 11) is -3.77. The summed E-state index contributed by atoms with van der Waals surface area (Å²) in [6, 6.07) is 18.3. The molecule has 33 heavy (non-hydrogen) atoms. The van der Waals surface area contributed by atoms with Crippen LogP contribution in [-0.2, 0) is 21.4 Å². The topological polar surface area (TPSA) is 102 Å². The molecule has 1 amide bonds. The predicted octanol–water partition coefficient (Wildman–Crippen LogP) is 3.81. The van der Waals surface area contributed by atoms with E-state index in [1.165, 1.54) is 55.5 Å². The number of ketones is 1. The summed E-state index contributed by atoms with van der Waals surface area (Å²) in [5.41, 5.74) is 1.25. The van der Waals surface area contributed by atoms with Crippen molar-refractivity contribution in [2.45, 2.75) is 24.8 Å². The van der Waals surface area contributed by atoms with Crippen molar-refractivity contribution >= 4 is 21.7 Å². The van der Waals surface area contributed by atoms with Crippen LogP contribution in [0.4, 0.5) is 4.39 Å². The summed E-state index contributed by atoms with van der Waals surface area (Å²) in [6.07, 6.45) is -0.0312. The second-order valence-corrected chi connectivity index (χ2v) is 8.97. The molecular weight excluding hydrogens is 447 g/mol. The molecule has 0 saturated carbocycles. The number of carbonyl (C=O) groups is 2. The Hall–Kier alpha value is -3.56. The van der Waals surface area contributed by atoms with E-state index in [1.54, 1.807) is 24.3 Å². The van der Waals surface area contributed by atoms with E-state index in [0.29, 0.717) is 17.1 Å². The van der Waals surface area contributed by atoms with Crippen molar-refractivity contribution in [3.8, 4) is 11.5 Å². The van der Waals surface area contributed by atoms with Crippen molar-refractivity contribution in [2.75, 3.05) is 6.54 Å². The summed E-state index contributed by atoms with van der Waals surface area (Å²) >= 11 is 0. The molecule has 0 aliphatic carbocycles. The number of nitrogens with one attached hydrogen (secondary N) is 2. The third-order valence-corrected chi connectivity index (χ3v) is 6.15. The Morgan fingerprint density at radius 2 is 1.45 bits per heavy atom. The van der Waals surface area contributed by atoms with Crippen molar-refractivity contribution in [3.63, 3.8) is 0 Å². The van der Waals surface area contributed by atoms with E-state index in [4.69, 9.17) is 4.74 Å². The zero-order valence-corrected chi connectivity index (χ0v) is 18.7. The van der Waals surface area contributed by atoms with Gasteiger partial charge in [-0.15, -0.1) is 0 Å². The number of benzene rings is 3.